The topological polar surface area (TPSA) is 21.6 Å². The normalized spacial score (nSPS) is 13.1. The van der Waals surface area contributed by atoms with Gasteiger partial charge in [0.2, 0.25) is 0 Å². The Morgan fingerprint density at radius 1 is 1.06 bits per heavy atom. The van der Waals surface area contributed by atoms with Crippen molar-refractivity contribution < 1.29 is 17.9 Å². The molecule has 0 fully saturated rings. The summed E-state index contributed by atoms with van der Waals surface area (Å²) in [6.07, 6.45) is -0.935. The first kappa shape index (κ1) is 13.3. The smallest absolute Gasteiger partial charge is 0.406 e. The van der Waals surface area contributed by atoms with Crippen LogP contribution in [0.1, 0.15) is 12.5 Å². The minimum Gasteiger partial charge on any atom is -0.406 e. The highest BCUT2D eigenvalue weighted by molar-refractivity contribution is 5.83. The van der Waals surface area contributed by atoms with E-state index in [-0.39, 0.29) is 5.75 Å². The molecule has 0 amide bonds. The number of rotatable bonds is 1. The number of hydrogen-bond acceptors (Lipinski definition) is 2. The Kier molecular flexibility index (Phi) is 4.31. The summed E-state index contributed by atoms with van der Waals surface area (Å²) in [5, 5.41) is 0. The Hall–Kier alpha value is -1.78. The van der Waals surface area contributed by atoms with E-state index in [0.29, 0.717) is 0 Å². The Morgan fingerprint density at radius 3 is 1.82 bits per heavy atom. The fraction of sp³-hybridized carbons (Fsp3) is 0.250. The standard InChI is InChI=1S/C8H7F3O.C4H5N/c1-6-2-4-7(5-3-6)12-8(9,10)11;1-4-2-5-3-4/h2-5H,1H3;2-3H,1H3. The lowest BCUT2D eigenvalue weighted by Crippen LogP contribution is -2.16. The summed E-state index contributed by atoms with van der Waals surface area (Å²) < 4.78 is 38.5. The average molecular weight is 243 g/mol. The molecule has 1 aliphatic rings. The molecule has 0 atom stereocenters. The molecule has 5 heteroatoms. The van der Waals surface area contributed by atoms with Crippen LogP contribution in [0.3, 0.4) is 0 Å². The predicted molar refractivity (Wildman–Crippen MR) is 60.1 cm³/mol. The van der Waals surface area contributed by atoms with Crippen molar-refractivity contribution in [2.75, 3.05) is 0 Å². The van der Waals surface area contributed by atoms with Crippen molar-refractivity contribution in [3.63, 3.8) is 0 Å². The summed E-state index contributed by atoms with van der Waals surface area (Å²) in [5.41, 5.74) is 2.16. The van der Waals surface area contributed by atoms with E-state index < -0.39 is 6.36 Å². The fourth-order valence-electron chi connectivity index (χ4n) is 0.964. The maximum Gasteiger partial charge on any atom is 0.573 e. The predicted octanol–water partition coefficient (Wildman–Crippen LogP) is 3.87. The molecule has 0 unspecified atom stereocenters. The lowest BCUT2D eigenvalue weighted by Gasteiger charge is -2.08. The van der Waals surface area contributed by atoms with Gasteiger partial charge in [-0.25, -0.2) is 0 Å². The first-order chi connectivity index (χ1) is 7.87. The number of nitrogens with zero attached hydrogens (tertiary/aromatic N) is 1. The molecule has 92 valence electrons. The van der Waals surface area contributed by atoms with Gasteiger partial charge in [-0.2, -0.15) is 0 Å². The molecule has 0 radical (unpaired) electrons. The second-order valence-corrected chi connectivity index (χ2v) is 3.51. The number of alkyl halides is 3. The molecule has 1 aliphatic heterocycles. The molecular formula is C12H12F3NO. The zero-order valence-electron chi connectivity index (χ0n) is 9.45. The zero-order valence-corrected chi connectivity index (χ0v) is 9.45. The highest BCUT2D eigenvalue weighted by atomic mass is 19.4. The summed E-state index contributed by atoms with van der Waals surface area (Å²) in [5.74, 6) is -0.187. The highest BCUT2D eigenvalue weighted by Crippen LogP contribution is 2.22. The average Bonchev–Trinajstić information content (AvgIpc) is 2.18. The van der Waals surface area contributed by atoms with Gasteiger partial charge in [-0.05, 0) is 31.6 Å². The maximum atomic E-state index is 11.6. The lowest BCUT2D eigenvalue weighted by atomic mass is 10.2. The molecule has 0 aromatic heterocycles. The largest absolute Gasteiger partial charge is 0.573 e. The van der Waals surface area contributed by atoms with Gasteiger partial charge in [-0.1, -0.05) is 17.7 Å². The number of allylic oxidation sites excluding steroid dienone is 1. The van der Waals surface area contributed by atoms with Crippen molar-refractivity contribution in [1.82, 2.24) is 0 Å². The molecule has 0 bridgehead atoms. The van der Waals surface area contributed by atoms with Crippen LogP contribution >= 0.6 is 0 Å². The molecule has 1 aromatic carbocycles. The molecule has 1 aromatic rings. The van der Waals surface area contributed by atoms with E-state index in [1.807, 2.05) is 19.3 Å². The summed E-state index contributed by atoms with van der Waals surface area (Å²) in [4.78, 5) is 3.71. The molecule has 0 N–H and O–H groups in total. The van der Waals surface area contributed by atoms with Crippen molar-refractivity contribution in [2.45, 2.75) is 20.2 Å². The summed E-state index contributed by atoms with van der Waals surface area (Å²) in [7, 11) is 0. The molecule has 0 saturated heterocycles. The van der Waals surface area contributed by atoms with Crippen molar-refractivity contribution >= 4 is 6.21 Å². The summed E-state index contributed by atoms with van der Waals surface area (Å²) in [6.45, 7) is 3.81. The third-order valence-electron chi connectivity index (χ3n) is 1.81. The SMILES string of the molecule is CC1=CN=C1.Cc1ccc(OC(F)(F)F)cc1. The van der Waals surface area contributed by atoms with Crippen LogP contribution in [-0.4, -0.2) is 12.6 Å². The third kappa shape index (κ3) is 5.75. The molecule has 2 rings (SSSR count). The molecule has 0 aliphatic carbocycles. The van der Waals surface area contributed by atoms with Gasteiger partial charge >= 0.3 is 6.36 Å². The van der Waals surface area contributed by atoms with Crippen LogP contribution in [0.5, 0.6) is 5.75 Å². The monoisotopic (exact) mass is 243 g/mol. The van der Waals surface area contributed by atoms with E-state index >= 15 is 0 Å². The number of hydrogen-bond donors (Lipinski definition) is 0. The van der Waals surface area contributed by atoms with Crippen LogP contribution in [-0.2, 0) is 0 Å². The Labute approximate surface area is 97.4 Å². The molecule has 0 spiro atoms. The van der Waals surface area contributed by atoms with Crippen LogP contribution in [0.15, 0.2) is 41.0 Å². The van der Waals surface area contributed by atoms with Crippen LogP contribution in [0.4, 0.5) is 13.2 Å². The third-order valence-corrected chi connectivity index (χ3v) is 1.81. The number of halogens is 3. The number of benzene rings is 1. The lowest BCUT2D eigenvalue weighted by molar-refractivity contribution is -0.274. The van der Waals surface area contributed by atoms with Crippen molar-refractivity contribution in [3.8, 4) is 5.75 Å². The molecule has 1 heterocycles. The number of aliphatic imine (C=N–C) groups is 1. The van der Waals surface area contributed by atoms with E-state index in [0.717, 1.165) is 5.56 Å². The van der Waals surface area contributed by atoms with E-state index in [9.17, 15) is 13.2 Å². The highest BCUT2D eigenvalue weighted by Gasteiger charge is 2.30. The van der Waals surface area contributed by atoms with E-state index in [4.69, 9.17) is 0 Å². The van der Waals surface area contributed by atoms with Gasteiger partial charge in [-0.15, -0.1) is 13.2 Å². The van der Waals surface area contributed by atoms with Gasteiger partial charge in [0.05, 0.1) is 0 Å². The quantitative estimate of drug-likeness (QED) is 0.733. The van der Waals surface area contributed by atoms with Gasteiger partial charge in [0.15, 0.2) is 0 Å². The summed E-state index contributed by atoms with van der Waals surface area (Å²) >= 11 is 0. The minimum atomic E-state index is -4.60. The van der Waals surface area contributed by atoms with Crippen LogP contribution in [0, 0.1) is 6.92 Å². The minimum absolute atomic E-state index is 0.187. The Morgan fingerprint density at radius 2 is 1.53 bits per heavy atom. The first-order valence-electron chi connectivity index (χ1n) is 4.89. The van der Waals surface area contributed by atoms with Crippen molar-refractivity contribution in [1.29, 1.82) is 0 Å². The van der Waals surface area contributed by atoms with Gasteiger partial charge in [0.1, 0.15) is 5.75 Å². The van der Waals surface area contributed by atoms with Gasteiger partial charge in [0.25, 0.3) is 0 Å². The fourth-order valence-corrected chi connectivity index (χ4v) is 0.964. The van der Waals surface area contributed by atoms with Crippen LogP contribution < -0.4 is 4.74 Å². The molecule has 2 nitrogen and oxygen atoms in total. The maximum absolute atomic E-state index is 11.6. The Balaban J connectivity index is 0.000000239. The Bertz CT molecular complexity index is 418. The second kappa shape index (κ2) is 5.52. The van der Waals surface area contributed by atoms with Gasteiger partial charge < -0.3 is 4.74 Å². The molecule has 17 heavy (non-hydrogen) atoms. The van der Waals surface area contributed by atoms with Crippen LogP contribution in [0.2, 0.25) is 0 Å². The second-order valence-electron chi connectivity index (χ2n) is 3.51. The van der Waals surface area contributed by atoms with Crippen molar-refractivity contribution in [2.24, 2.45) is 4.99 Å². The van der Waals surface area contributed by atoms with Crippen LogP contribution in [0.25, 0.3) is 0 Å². The first-order valence-corrected chi connectivity index (χ1v) is 4.89. The van der Waals surface area contributed by atoms with E-state index in [2.05, 4.69) is 9.73 Å². The van der Waals surface area contributed by atoms with E-state index in [1.54, 1.807) is 19.1 Å². The zero-order chi connectivity index (χ0) is 12.9. The molecular weight excluding hydrogens is 231 g/mol. The van der Waals surface area contributed by atoms with Gasteiger partial charge in [0, 0.05) is 12.4 Å². The summed E-state index contributed by atoms with van der Waals surface area (Å²) in [6, 6.07) is 5.67. The number of aryl methyl sites for hydroxylation is 1. The van der Waals surface area contributed by atoms with Gasteiger partial charge in [-0.3, -0.25) is 4.99 Å². The van der Waals surface area contributed by atoms with E-state index in [1.165, 1.54) is 17.7 Å². The molecule has 0 saturated carbocycles. The number of ether oxygens (including phenoxy) is 1. The van der Waals surface area contributed by atoms with Crippen molar-refractivity contribution in [3.05, 3.63) is 41.6 Å².